The number of carbonyl (C=O) groups is 1. The predicted molar refractivity (Wildman–Crippen MR) is 83.8 cm³/mol. The largest absolute Gasteiger partial charge is 0.507 e. The predicted octanol–water partition coefficient (Wildman–Crippen LogP) is 4.40. The second kappa shape index (κ2) is 5.92. The van der Waals surface area contributed by atoms with Gasteiger partial charge in [0.25, 0.3) is 0 Å². The molecule has 0 aliphatic heterocycles. The van der Waals surface area contributed by atoms with Crippen molar-refractivity contribution in [1.29, 1.82) is 0 Å². The van der Waals surface area contributed by atoms with Crippen molar-refractivity contribution < 1.29 is 15.0 Å². The van der Waals surface area contributed by atoms with Crippen LogP contribution in [0, 0.1) is 11.8 Å². The maximum absolute atomic E-state index is 11.7. The highest BCUT2D eigenvalue weighted by atomic mass is 16.3. The quantitative estimate of drug-likeness (QED) is 0.640. The Labute approximate surface area is 126 Å². The standard InChI is InChI=1S/C18H24O3/c1-10(2)13-6-5-11(3)9-15(13)14-7-8-16(20)17(12(4)19)18(14)21/h7-10,13,15,20-21H,5-6H2,1-4H3/t13-,15+/m1/s1. The fourth-order valence-electron chi connectivity index (χ4n) is 3.37. The Morgan fingerprint density at radius 3 is 2.52 bits per heavy atom. The zero-order valence-electron chi connectivity index (χ0n) is 13.2. The van der Waals surface area contributed by atoms with Gasteiger partial charge >= 0.3 is 0 Å². The zero-order valence-corrected chi connectivity index (χ0v) is 13.2. The molecular weight excluding hydrogens is 264 g/mol. The fourth-order valence-corrected chi connectivity index (χ4v) is 3.37. The van der Waals surface area contributed by atoms with Gasteiger partial charge < -0.3 is 10.2 Å². The summed E-state index contributed by atoms with van der Waals surface area (Å²) in [6, 6.07) is 3.26. The van der Waals surface area contributed by atoms with Crippen LogP contribution in [0.25, 0.3) is 0 Å². The van der Waals surface area contributed by atoms with Crippen molar-refractivity contribution in [3.63, 3.8) is 0 Å². The summed E-state index contributed by atoms with van der Waals surface area (Å²) in [5, 5.41) is 20.3. The van der Waals surface area contributed by atoms with Crippen molar-refractivity contribution in [3.05, 3.63) is 34.9 Å². The van der Waals surface area contributed by atoms with Crippen molar-refractivity contribution >= 4 is 5.78 Å². The summed E-state index contributed by atoms with van der Waals surface area (Å²) in [6.45, 7) is 7.85. The molecule has 2 atom stereocenters. The maximum atomic E-state index is 11.7. The summed E-state index contributed by atoms with van der Waals surface area (Å²) in [7, 11) is 0. The average Bonchev–Trinajstić information content (AvgIpc) is 2.37. The molecular formula is C18H24O3. The Kier molecular flexibility index (Phi) is 4.40. The minimum absolute atomic E-state index is 0.0339. The molecule has 0 unspecified atom stereocenters. The molecule has 1 aliphatic rings. The highest BCUT2D eigenvalue weighted by Gasteiger charge is 2.30. The third kappa shape index (κ3) is 2.97. The molecule has 0 aromatic heterocycles. The first kappa shape index (κ1) is 15.6. The second-order valence-corrected chi connectivity index (χ2v) is 6.44. The number of phenolic OH excluding ortho intramolecular Hbond substituents is 2. The van der Waals surface area contributed by atoms with E-state index in [0.717, 1.165) is 18.4 Å². The third-order valence-electron chi connectivity index (χ3n) is 4.55. The van der Waals surface area contributed by atoms with Crippen LogP contribution < -0.4 is 0 Å². The SMILES string of the molecule is CC(=O)c1c(O)ccc([C@H]2C=C(C)CC[C@@H]2C(C)C)c1O. The first-order chi connectivity index (χ1) is 9.82. The minimum atomic E-state index is -0.315. The van der Waals surface area contributed by atoms with E-state index in [0.29, 0.717) is 11.8 Å². The summed E-state index contributed by atoms with van der Waals surface area (Å²) >= 11 is 0. The summed E-state index contributed by atoms with van der Waals surface area (Å²) in [5.41, 5.74) is 2.09. The maximum Gasteiger partial charge on any atom is 0.167 e. The summed E-state index contributed by atoms with van der Waals surface area (Å²) in [4.78, 5) is 11.7. The van der Waals surface area contributed by atoms with Gasteiger partial charge in [-0.25, -0.2) is 0 Å². The van der Waals surface area contributed by atoms with Crippen LogP contribution in [0.2, 0.25) is 0 Å². The van der Waals surface area contributed by atoms with Gasteiger partial charge in [-0.15, -0.1) is 0 Å². The van der Waals surface area contributed by atoms with Gasteiger partial charge in [0, 0.05) is 11.5 Å². The van der Waals surface area contributed by atoms with Crippen molar-refractivity contribution in [2.24, 2.45) is 11.8 Å². The topological polar surface area (TPSA) is 57.5 Å². The molecule has 21 heavy (non-hydrogen) atoms. The van der Waals surface area contributed by atoms with Crippen LogP contribution in [0.5, 0.6) is 11.5 Å². The van der Waals surface area contributed by atoms with E-state index < -0.39 is 0 Å². The van der Waals surface area contributed by atoms with E-state index in [9.17, 15) is 15.0 Å². The van der Waals surface area contributed by atoms with E-state index in [2.05, 4.69) is 26.8 Å². The van der Waals surface area contributed by atoms with Crippen LogP contribution in [0.4, 0.5) is 0 Å². The Hall–Kier alpha value is -1.77. The molecule has 1 aromatic carbocycles. The van der Waals surface area contributed by atoms with Crippen LogP contribution in [-0.2, 0) is 0 Å². The molecule has 2 N–H and O–H groups in total. The first-order valence-electron chi connectivity index (χ1n) is 7.56. The number of aromatic hydroxyl groups is 2. The number of Topliss-reactive ketones (excluding diaryl/α,β-unsaturated/α-hetero) is 1. The number of carbonyl (C=O) groups excluding carboxylic acids is 1. The molecule has 114 valence electrons. The van der Waals surface area contributed by atoms with Gasteiger partial charge in [0.05, 0.1) is 0 Å². The van der Waals surface area contributed by atoms with Gasteiger partial charge in [-0.2, -0.15) is 0 Å². The van der Waals surface area contributed by atoms with E-state index in [4.69, 9.17) is 0 Å². The molecule has 3 heteroatoms. The smallest absolute Gasteiger partial charge is 0.167 e. The molecule has 0 heterocycles. The molecule has 0 saturated heterocycles. The Balaban J connectivity index is 2.56. The van der Waals surface area contributed by atoms with Crippen molar-refractivity contribution in [1.82, 2.24) is 0 Å². The molecule has 0 fully saturated rings. The second-order valence-electron chi connectivity index (χ2n) is 6.44. The molecule has 1 aromatic rings. The fraction of sp³-hybridized carbons (Fsp3) is 0.500. The molecule has 0 radical (unpaired) electrons. The van der Waals surface area contributed by atoms with E-state index >= 15 is 0 Å². The number of benzene rings is 1. The number of phenols is 2. The summed E-state index contributed by atoms with van der Waals surface area (Å²) in [5.74, 6) is 0.490. The van der Waals surface area contributed by atoms with Gasteiger partial charge in [0.15, 0.2) is 5.78 Å². The van der Waals surface area contributed by atoms with E-state index in [1.54, 1.807) is 6.07 Å². The van der Waals surface area contributed by atoms with Crippen molar-refractivity contribution in [2.75, 3.05) is 0 Å². The third-order valence-corrected chi connectivity index (χ3v) is 4.55. The van der Waals surface area contributed by atoms with Crippen LogP contribution >= 0.6 is 0 Å². The molecule has 3 nitrogen and oxygen atoms in total. The van der Waals surface area contributed by atoms with Crippen molar-refractivity contribution in [3.8, 4) is 11.5 Å². The molecule has 2 rings (SSSR count). The lowest BCUT2D eigenvalue weighted by Gasteiger charge is -2.33. The highest BCUT2D eigenvalue weighted by Crippen LogP contribution is 2.45. The van der Waals surface area contributed by atoms with Crippen LogP contribution in [0.15, 0.2) is 23.8 Å². The Bertz CT molecular complexity index is 584. The number of allylic oxidation sites excluding steroid dienone is 2. The minimum Gasteiger partial charge on any atom is -0.507 e. The van der Waals surface area contributed by atoms with Crippen molar-refractivity contribution in [2.45, 2.75) is 46.5 Å². The van der Waals surface area contributed by atoms with Gasteiger partial charge in [0.2, 0.25) is 0 Å². The lowest BCUT2D eigenvalue weighted by atomic mass is 9.71. The zero-order chi connectivity index (χ0) is 15.7. The lowest BCUT2D eigenvalue weighted by molar-refractivity contribution is 0.101. The summed E-state index contributed by atoms with van der Waals surface area (Å²) in [6.07, 6.45) is 4.36. The Morgan fingerprint density at radius 2 is 1.95 bits per heavy atom. The average molecular weight is 288 g/mol. The van der Waals surface area contributed by atoms with Crippen LogP contribution in [0.3, 0.4) is 0 Å². The number of hydrogen-bond acceptors (Lipinski definition) is 3. The first-order valence-corrected chi connectivity index (χ1v) is 7.56. The lowest BCUT2D eigenvalue weighted by Crippen LogP contribution is -2.21. The van der Waals surface area contributed by atoms with Gasteiger partial charge in [-0.1, -0.05) is 31.6 Å². The van der Waals surface area contributed by atoms with Gasteiger partial charge in [-0.05, 0) is 44.6 Å². The van der Waals surface area contributed by atoms with E-state index in [1.807, 2.05) is 0 Å². The number of ketones is 1. The summed E-state index contributed by atoms with van der Waals surface area (Å²) < 4.78 is 0. The van der Waals surface area contributed by atoms with Crippen LogP contribution in [-0.4, -0.2) is 16.0 Å². The van der Waals surface area contributed by atoms with Crippen LogP contribution in [0.1, 0.15) is 62.4 Å². The molecule has 0 spiro atoms. The molecule has 0 saturated carbocycles. The highest BCUT2D eigenvalue weighted by molar-refractivity contribution is 5.99. The number of hydrogen-bond donors (Lipinski definition) is 2. The number of rotatable bonds is 3. The monoisotopic (exact) mass is 288 g/mol. The van der Waals surface area contributed by atoms with E-state index in [1.165, 1.54) is 18.6 Å². The van der Waals surface area contributed by atoms with Gasteiger partial charge in [-0.3, -0.25) is 4.79 Å². The normalized spacial score (nSPS) is 22.2. The Morgan fingerprint density at radius 1 is 1.29 bits per heavy atom. The van der Waals surface area contributed by atoms with Gasteiger partial charge in [0.1, 0.15) is 17.1 Å². The molecule has 0 amide bonds. The van der Waals surface area contributed by atoms with E-state index in [-0.39, 0.29) is 28.8 Å². The molecule has 1 aliphatic carbocycles. The molecule has 0 bridgehead atoms.